The maximum atomic E-state index is 5.16. The second kappa shape index (κ2) is 5.32. The van der Waals surface area contributed by atoms with E-state index in [1.165, 1.54) is 5.56 Å². The third kappa shape index (κ3) is 2.84. The maximum Gasteiger partial charge on any atom is 0.119 e. The number of hydrogen-bond acceptors (Lipinski definition) is 3. The molecule has 0 unspecified atom stereocenters. The predicted molar refractivity (Wildman–Crippen MR) is 62.1 cm³/mol. The SMILES string of the molecule is COc1cccc(CNCc2cnc[nH]2)c1. The van der Waals surface area contributed by atoms with Gasteiger partial charge < -0.3 is 15.0 Å². The quantitative estimate of drug-likeness (QED) is 0.801. The van der Waals surface area contributed by atoms with E-state index in [-0.39, 0.29) is 0 Å². The summed E-state index contributed by atoms with van der Waals surface area (Å²) in [7, 11) is 1.68. The van der Waals surface area contributed by atoms with Crippen molar-refractivity contribution in [1.29, 1.82) is 0 Å². The topological polar surface area (TPSA) is 49.9 Å². The van der Waals surface area contributed by atoms with Gasteiger partial charge in [-0.05, 0) is 17.7 Å². The van der Waals surface area contributed by atoms with Crippen LogP contribution in [0.25, 0.3) is 0 Å². The number of aromatic amines is 1. The normalized spacial score (nSPS) is 10.3. The molecule has 0 bridgehead atoms. The van der Waals surface area contributed by atoms with Gasteiger partial charge in [-0.2, -0.15) is 0 Å². The first-order valence-corrected chi connectivity index (χ1v) is 5.19. The molecule has 16 heavy (non-hydrogen) atoms. The Morgan fingerprint density at radius 1 is 1.38 bits per heavy atom. The molecular weight excluding hydrogens is 202 g/mol. The smallest absolute Gasteiger partial charge is 0.119 e. The number of aromatic nitrogens is 2. The molecule has 0 spiro atoms. The van der Waals surface area contributed by atoms with Gasteiger partial charge in [-0.1, -0.05) is 12.1 Å². The van der Waals surface area contributed by atoms with Crippen LogP contribution in [0.3, 0.4) is 0 Å². The summed E-state index contributed by atoms with van der Waals surface area (Å²) in [6, 6.07) is 8.03. The van der Waals surface area contributed by atoms with Crippen molar-refractivity contribution in [1.82, 2.24) is 15.3 Å². The summed E-state index contributed by atoms with van der Waals surface area (Å²) in [5, 5.41) is 3.33. The van der Waals surface area contributed by atoms with E-state index in [4.69, 9.17) is 4.74 Å². The number of imidazole rings is 1. The van der Waals surface area contributed by atoms with Gasteiger partial charge in [0.25, 0.3) is 0 Å². The van der Waals surface area contributed by atoms with E-state index in [2.05, 4.69) is 21.4 Å². The Morgan fingerprint density at radius 3 is 3.06 bits per heavy atom. The Bertz CT molecular complexity index is 426. The minimum absolute atomic E-state index is 0.789. The lowest BCUT2D eigenvalue weighted by Crippen LogP contribution is -2.12. The molecule has 4 nitrogen and oxygen atoms in total. The van der Waals surface area contributed by atoms with Gasteiger partial charge >= 0.3 is 0 Å². The summed E-state index contributed by atoms with van der Waals surface area (Å²) in [6.45, 7) is 1.60. The fraction of sp³-hybridized carbons (Fsp3) is 0.250. The average molecular weight is 217 g/mol. The van der Waals surface area contributed by atoms with E-state index in [0.717, 1.165) is 24.5 Å². The zero-order chi connectivity index (χ0) is 11.2. The monoisotopic (exact) mass is 217 g/mol. The Balaban J connectivity index is 1.85. The Labute approximate surface area is 94.7 Å². The number of hydrogen-bond donors (Lipinski definition) is 2. The number of nitrogens with one attached hydrogen (secondary N) is 2. The molecule has 2 aromatic rings. The van der Waals surface area contributed by atoms with Crippen molar-refractivity contribution in [2.24, 2.45) is 0 Å². The van der Waals surface area contributed by atoms with E-state index in [1.807, 2.05) is 24.4 Å². The number of H-pyrrole nitrogens is 1. The highest BCUT2D eigenvalue weighted by molar-refractivity contribution is 5.28. The van der Waals surface area contributed by atoms with Crippen molar-refractivity contribution in [3.63, 3.8) is 0 Å². The summed E-state index contributed by atoms with van der Waals surface area (Å²) < 4.78 is 5.16. The van der Waals surface area contributed by atoms with E-state index in [0.29, 0.717) is 0 Å². The van der Waals surface area contributed by atoms with Crippen molar-refractivity contribution in [2.75, 3.05) is 7.11 Å². The predicted octanol–water partition coefficient (Wildman–Crippen LogP) is 1.71. The fourth-order valence-corrected chi connectivity index (χ4v) is 1.51. The number of methoxy groups -OCH3 is 1. The Morgan fingerprint density at radius 2 is 2.31 bits per heavy atom. The van der Waals surface area contributed by atoms with Crippen LogP contribution < -0.4 is 10.1 Å². The molecule has 2 N–H and O–H groups in total. The van der Waals surface area contributed by atoms with E-state index in [9.17, 15) is 0 Å². The second-order valence-corrected chi connectivity index (χ2v) is 3.53. The first-order valence-electron chi connectivity index (χ1n) is 5.19. The fourth-order valence-electron chi connectivity index (χ4n) is 1.51. The van der Waals surface area contributed by atoms with Crippen molar-refractivity contribution in [3.8, 4) is 5.75 Å². The minimum Gasteiger partial charge on any atom is -0.497 e. The van der Waals surface area contributed by atoms with E-state index in [1.54, 1.807) is 13.4 Å². The molecule has 0 radical (unpaired) electrons. The maximum absolute atomic E-state index is 5.16. The van der Waals surface area contributed by atoms with Gasteiger partial charge in [0.2, 0.25) is 0 Å². The molecule has 0 amide bonds. The Kier molecular flexibility index (Phi) is 3.56. The largest absolute Gasteiger partial charge is 0.497 e. The van der Waals surface area contributed by atoms with Crippen molar-refractivity contribution in [2.45, 2.75) is 13.1 Å². The number of nitrogens with zero attached hydrogens (tertiary/aromatic N) is 1. The zero-order valence-corrected chi connectivity index (χ0v) is 9.23. The van der Waals surface area contributed by atoms with Crippen LogP contribution in [0, 0.1) is 0 Å². The molecule has 0 saturated heterocycles. The third-order valence-electron chi connectivity index (χ3n) is 2.33. The summed E-state index contributed by atoms with van der Waals surface area (Å²) in [4.78, 5) is 7.01. The summed E-state index contributed by atoms with van der Waals surface area (Å²) in [5.74, 6) is 0.890. The number of rotatable bonds is 5. The lowest BCUT2D eigenvalue weighted by atomic mass is 10.2. The minimum atomic E-state index is 0.789. The molecular formula is C12H15N3O. The first kappa shape index (κ1) is 10.7. The van der Waals surface area contributed by atoms with Crippen LogP contribution in [0.2, 0.25) is 0 Å². The third-order valence-corrected chi connectivity index (χ3v) is 2.33. The molecule has 0 fully saturated rings. The molecule has 2 rings (SSSR count). The van der Waals surface area contributed by atoms with Gasteiger partial charge in [0, 0.05) is 25.0 Å². The lowest BCUT2D eigenvalue weighted by Gasteiger charge is -2.05. The Hall–Kier alpha value is -1.81. The highest BCUT2D eigenvalue weighted by atomic mass is 16.5. The van der Waals surface area contributed by atoms with Crippen LogP contribution in [0.5, 0.6) is 5.75 Å². The standard InChI is InChI=1S/C12H15N3O/c1-16-12-4-2-3-10(5-12)6-13-7-11-8-14-9-15-11/h2-5,8-9,13H,6-7H2,1H3,(H,14,15). The molecule has 0 aliphatic heterocycles. The van der Waals surface area contributed by atoms with Crippen molar-refractivity contribution < 1.29 is 4.74 Å². The zero-order valence-electron chi connectivity index (χ0n) is 9.23. The molecule has 1 aromatic carbocycles. The van der Waals surface area contributed by atoms with Crippen molar-refractivity contribution in [3.05, 3.63) is 48.0 Å². The summed E-state index contributed by atoms with van der Waals surface area (Å²) >= 11 is 0. The van der Waals surface area contributed by atoms with Gasteiger partial charge in [0.05, 0.1) is 13.4 Å². The van der Waals surface area contributed by atoms with Crippen LogP contribution in [0.4, 0.5) is 0 Å². The average Bonchev–Trinajstić information content (AvgIpc) is 2.82. The molecule has 0 saturated carbocycles. The van der Waals surface area contributed by atoms with Crippen LogP contribution in [-0.4, -0.2) is 17.1 Å². The van der Waals surface area contributed by atoms with Gasteiger partial charge in [0.1, 0.15) is 5.75 Å². The number of ether oxygens (including phenoxy) is 1. The van der Waals surface area contributed by atoms with E-state index < -0.39 is 0 Å². The molecule has 1 heterocycles. The van der Waals surface area contributed by atoms with Crippen LogP contribution in [-0.2, 0) is 13.1 Å². The molecule has 84 valence electrons. The summed E-state index contributed by atoms with van der Waals surface area (Å²) in [5.41, 5.74) is 2.29. The highest BCUT2D eigenvalue weighted by Gasteiger charge is 1.96. The van der Waals surface area contributed by atoms with Gasteiger partial charge in [-0.3, -0.25) is 0 Å². The van der Waals surface area contributed by atoms with Crippen LogP contribution in [0.1, 0.15) is 11.3 Å². The number of benzene rings is 1. The molecule has 0 aliphatic rings. The molecule has 0 aliphatic carbocycles. The van der Waals surface area contributed by atoms with Gasteiger partial charge in [0.15, 0.2) is 0 Å². The van der Waals surface area contributed by atoms with Crippen molar-refractivity contribution >= 4 is 0 Å². The first-order chi connectivity index (χ1) is 7.88. The van der Waals surface area contributed by atoms with Gasteiger partial charge in [-0.15, -0.1) is 0 Å². The van der Waals surface area contributed by atoms with Gasteiger partial charge in [-0.25, -0.2) is 4.98 Å². The molecule has 0 atom stereocenters. The molecule has 4 heteroatoms. The second-order valence-electron chi connectivity index (χ2n) is 3.53. The molecule has 1 aromatic heterocycles. The van der Waals surface area contributed by atoms with Crippen LogP contribution >= 0.6 is 0 Å². The highest BCUT2D eigenvalue weighted by Crippen LogP contribution is 2.12. The van der Waals surface area contributed by atoms with Crippen LogP contribution in [0.15, 0.2) is 36.8 Å². The summed E-state index contributed by atoms with van der Waals surface area (Å²) in [6.07, 6.45) is 3.50. The van der Waals surface area contributed by atoms with E-state index >= 15 is 0 Å². The lowest BCUT2D eigenvalue weighted by molar-refractivity contribution is 0.414.